The van der Waals surface area contributed by atoms with Gasteiger partial charge in [-0.1, -0.05) is 24.3 Å². The Labute approximate surface area is 218 Å². The van der Waals surface area contributed by atoms with Gasteiger partial charge in [-0.15, -0.1) is 23.1 Å². The van der Waals surface area contributed by atoms with Crippen LogP contribution in [0.2, 0.25) is 0 Å². The first-order valence-corrected chi connectivity index (χ1v) is 13.7. The summed E-state index contributed by atoms with van der Waals surface area (Å²) in [7, 11) is 0. The van der Waals surface area contributed by atoms with Crippen molar-refractivity contribution in [1.82, 2.24) is 0 Å². The SMILES string of the molecule is CCOC(=O)c1c(NC(=O)CSc2cccc(NC(=O)COc3ccccc3)c2)sc2c1CCCC2. The van der Waals surface area contributed by atoms with Gasteiger partial charge in [0.1, 0.15) is 10.8 Å². The Bertz CT molecular complexity index is 1230. The molecule has 3 aromatic rings. The summed E-state index contributed by atoms with van der Waals surface area (Å²) in [5.41, 5.74) is 2.15. The number of carbonyl (C=O) groups excluding carboxylic acids is 3. The van der Waals surface area contributed by atoms with Crippen molar-refractivity contribution in [3.05, 3.63) is 70.6 Å². The first-order valence-electron chi connectivity index (χ1n) is 11.9. The Morgan fingerprint density at radius 1 is 0.972 bits per heavy atom. The molecule has 9 heteroatoms. The molecule has 0 spiro atoms. The molecule has 36 heavy (non-hydrogen) atoms. The Balaban J connectivity index is 1.32. The van der Waals surface area contributed by atoms with E-state index in [1.165, 1.54) is 23.1 Å². The van der Waals surface area contributed by atoms with Gasteiger partial charge in [0, 0.05) is 15.5 Å². The van der Waals surface area contributed by atoms with Crippen LogP contribution in [-0.4, -0.2) is 36.8 Å². The van der Waals surface area contributed by atoms with Crippen molar-refractivity contribution in [2.75, 3.05) is 29.6 Å². The van der Waals surface area contributed by atoms with Crippen LogP contribution in [0.1, 0.15) is 40.6 Å². The summed E-state index contributed by atoms with van der Waals surface area (Å²) < 4.78 is 10.7. The summed E-state index contributed by atoms with van der Waals surface area (Å²) in [6, 6.07) is 16.4. The van der Waals surface area contributed by atoms with Gasteiger partial charge in [0.25, 0.3) is 5.91 Å². The highest BCUT2D eigenvalue weighted by atomic mass is 32.2. The zero-order valence-corrected chi connectivity index (χ0v) is 21.6. The van der Waals surface area contributed by atoms with E-state index in [0.29, 0.717) is 22.0 Å². The van der Waals surface area contributed by atoms with Crippen LogP contribution in [0.25, 0.3) is 0 Å². The first kappa shape index (κ1) is 25.8. The molecule has 0 atom stereocenters. The number of para-hydroxylation sites is 1. The number of amides is 2. The zero-order valence-electron chi connectivity index (χ0n) is 20.0. The van der Waals surface area contributed by atoms with Gasteiger partial charge >= 0.3 is 5.97 Å². The normalized spacial score (nSPS) is 12.4. The first-order chi connectivity index (χ1) is 17.5. The van der Waals surface area contributed by atoms with Crippen molar-refractivity contribution in [3.63, 3.8) is 0 Å². The van der Waals surface area contributed by atoms with Gasteiger partial charge in [0.05, 0.1) is 17.9 Å². The fourth-order valence-corrected chi connectivity index (χ4v) is 5.96. The van der Waals surface area contributed by atoms with E-state index in [2.05, 4.69) is 10.6 Å². The smallest absolute Gasteiger partial charge is 0.341 e. The number of hydrogen-bond donors (Lipinski definition) is 2. The maximum atomic E-state index is 12.8. The molecular formula is C27H28N2O5S2. The molecule has 0 bridgehead atoms. The molecule has 0 fully saturated rings. The minimum atomic E-state index is -0.375. The molecule has 1 heterocycles. The van der Waals surface area contributed by atoms with Gasteiger partial charge in [0.2, 0.25) is 5.91 Å². The van der Waals surface area contributed by atoms with Gasteiger partial charge in [0.15, 0.2) is 6.61 Å². The summed E-state index contributed by atoms with van der Waals surface area (Å²) in [6.07, 6.45) is 3.88. The number of hydrogen-bond acceptors (Lipinski definition) is 7. The number of thiophene rings is 1. The van der Waals surface area contributed by atoms with Crippen LogP contribution < -0.4 is 15.4 Å². The molecule has 1 aliphatic rings. The summed E-state index contributed by atoms with van der Waals surface area (Å²) >= 11 is 2.83. The second-order valence-corrected chi connectivity index (χ2v) is 10.3. The third-order valence-corrected chi connectivity index (χ3v) is 7.71. The fourth-order valence-electron chi connectivity index (χ4n) is 3.91. The molecule has 7 nitrogen and oxygen atoms in total. The Hall–Kier alpha value is -3.30. The van der Waals surface area contributed by atoms with E-state index in [-0.39, 0.29) is 36.8 Å². The van der Waals surface area contributed by atoms with Gasteiger partial charge < -0.3 is 20.1 Å². The van der Waals surface area contributed by atoms with E-state index < -0.39 is 0 Å². The molecule has 4 rings (SSSR count). The molecule has 0 radical (unpaired) electrons. The van der Waals surface area contributed by atoms with Crippen LogP contribution in [0.4, 0.5) is 10.7 Å². The second kappa shape index (κ2) is 12.6. The minimum absolute atomic E-state index is 0.0998. The standard InChI is InChI=1S/C27H28N2O5S2/c1-2-33-27(32)25-21-13-6-7-14-22(21)36-26(25)29-24(31)17-35-20-12-8-9-18(15-20)28-23(30)16-34-19-10-4-3-5-11-19/h3-5,8-12,15H,2,6-7,13-14,16-17H2,1H3,(H,28,30)(H,29,31). The minimum Gasteiger partial charge on any atom is -0.484 e. The fraction of sp³-hybridized carbons (Fsp3) is 0.296. The van der Waals surface area contributed by atoms with Gasteiger partial charge in [-0.05, 0) is 68.5 Å². The van der Waals surface area contributed by atoms with Crippen molar-refractivity contribution in [1.29, 1.82) is 0 Å². The lowest BCUT2D eigenvalue weighted by Gasteiger charge is -2.12. The van der Waals surface area contributed by atoms with Crippen LogP contribution in [0, 0.1) is 0 Å². The van der Waals surface area contributed by atoms with Gasteiger partial charge in [-0.3, -0.25) is 9.59 Å². The third kappa shape index (κ3) is 6.89. The lowest BCUT2D eigenvalue weighted by atomic mass is 9.95. The predicted octanol–water partition coefficient (Wildman–Crippen LogP) is 5.55. The van der Waals surface area contributed by atoms with E-state index in [4.69, 9.17) is 9.47 Å². The molecule has 0 unspecified atom stereocenters. The molecule has 2 N–H and O–H groups in total. The quantitative estimate of drug-likeness (QED) is 0.267. The molecule has 0 saturated carbocycles. The average Bonchev–Trinajstić information content (AvgIpc) is 3.25. The summed E-state index contributed by atoms with van der Waals surface area (Å²) in [6.45, 7) is 1.97. The lowest BCUT2D eigenvalue weighted by molar-refractivity contribution is -0.118. The number of carbonyl (C=O) groups is 3. The highest BCUT2D eigenvalue weighted by molar-refractivity contribution is 8.00. The predicted molar refractivity (Wildman–Crippen MR) is 143 cm³/mol. The summed E-state index contributed by atoms with van der Waals surface area (Å²) in [5.74, 6) is -0.0544. The Kier molecular flexibility index (Phi) is 9.02. The van der Waals surface area contributed by atoms with Crippen molar-refractivity contribution in [2.45, 2.75) is 37.5 Å². The number of ether oxygens (including phenoxy) is 2. The number of thioether (sulfide) groups is 1. The molecule has 0 saturated heterocycles. The Morgan fingerprint density at radius 3 is 2.58 bits per heavy atom. The number of fused-ring (bicyclic) bond motifs is 1. The maximum Gasteiger partial charge on any atom is 0.341 e. The monoisotopic (exact) mass is 524 g/mol. The van der Waals surface area contributed by atoms with E-state index in [9.17, 15) is 14.4 Å². The van der Waals surface area contributed by atoms with Crippen molar-refractivity contribution in [2.24, 2.45) is 0 Å². The topological polar surface area (TPSA) is 93.7 Å². The van der Waals surface area contributed by atoms with E-state index >= 15 is 0 Å². The molecule has 1 aliphatic carbocycles. The molecule has 188 valence electrons. The van der Waals surface area contributed by atoms with Crippen LogP contribution in [0.3, 0.4) is 0 Å². The molecule has 2 amide bonds. The van der Waals surface area contributed by atoms with Crippen molar-refractivity contribution < 1.29 is 23.9 Å². The van der Waals surface area contributed by atoms with Gasteiger partial charge in [-0.2, -0.15) is 0 Å². The van der Waals surface area contributed by atoms with Crippen molar-refractivity contribution in [3.8, 4) is 5.75 Å². The molecule has 2 aromatic carbocycles. The largest absolute Gasteiger partial charge is 0.484 e. The second-order valence-electron chi connectivity index (χ2n) is 8.15. The highest BCUT2D eigenvalue weighted by Gasteiger charge is 2.27. The van der Waals surface area contributed by atoms with Crippen LogP contribution in [-0.2, 0) is 27.2 Å². The van der Waals surface area contributed by atoms with Crippen LogP contribution in [0.5, 0.6) is 5.75 Å². The van der Waals surface area contributed by atoms with Crippen molar-refractivity contribution >= 4 is 51.6 Å². The third-order valence-electron chi connectivity index (χ3n) is 5.50. The average molecular weight is 525 g/mol. The summed E-state index contributed by atoms with van der Waals surface area (Å²) in [5, 5.41) is 6.31. The van der Waals surface area contributed by atoms with E-state index in [1.807, 2.05) is 36.4 Å². The molecule has 0 aliphatic heterocycles. The number of aryl methyl sites for hydroxylation is 1. The molecule has 1 aromatic heterocycles. The van der Waals surface area contributed by atoms with Crippen LogP contribution >= 0.6 is 23.1 Å². The molecular weight excluding hydrogens is 496 g/mol. The number of benzene rings is 2. The van der Waals surface area contributed by atoms with Crippen LogP contribution in [0.15, 0.2) is 59.5 Å². The number of esters is 1. The van der Waals surface area contributed by atoms with E-state index in [1.54, 1.807) is 25.1 Å². The number of anilines is 2. The lowest BCUT2D eigenvalue weighted by Crippen LogP contribution is -2.20. The van der Waals surface area contributed by atoms with Gasteiger partial charge in [-0.25, -0.2) is 4.79 Å². The maximum absolute atomic E-state index is 12.8. The highest BCUT2D eigenvalue weighted by Crippen LogP contribution is 2.38. The van der Waals surface area contributed by atoms with E-state index in [0.717, 1.165) is 41.0 Å². The number of rotatable bonds is 10. The summed E-state index contributed by atoms with van der Waals surface area (Å²) in [4.78, 5) is 39.6. The Morgan fingerprint density at radius 2 is 1.78 bits per heavy atom. The zero-order chi connectivity index (χ0) is 25.3. The number of nitrogens with one attached hydrogen (secondary N) is 2.